The van der Waals surface area contributed by atoms with Gasteiger partial charge in [-0.25, -0.2) is 14.5 Å². The molecular weight excluding hydrogens is 616 g/mol. The molecular formula is C30H33ClN8O3SSi. The van der Waals surface area contributed by atoms with E-state index >= 15 is 0 Å². The molecule has 44 heavy (non-hydrogen) atoms. The highest BCUT2D eigenvalue weighted by Crippen LogP contribution is 2.42. The van der Waals surface area contributed by atoms with Crippen molar-refractivity contribution in [2.45, 2.75) is 49.8 Å². The molecule has 0 radical (unpaired) electrons. The van der Waals surface area contributed by atoms with E-state index in [1.807, 2.05) is 46.0 Å². The quantitative estimate of drug-likeness (QED) is 0.124. The van der Waals surface area contributed by atoms with Crippen LogP contribution in [-0.4, -0.2) is 60.8 Å². The molecule has 1 saturated heterocycles. The summed E-state index contributed by atoms with van der Waals surface area (Å²) < 4.78 is 24.0. The molecule has 0 aliphatic carbocycles. The first-order chi connectivity index (χ1) is 21.1. The molecule has 0 amide bonds. The zero-order valence-corrected chi connectivity index (χ0v) is 27.5. The normalized spacial score (nSPS) is 17.9. The summed E-state index contributed by atoms with van der Waals surface area (Å²) in [7, 11) is -1.27. The zero-order chi connectivity index (χ0) is 31.2. The molecule has 5 heterocycles. The second-order valence-corrected chi connectivity index (χ2v) is 19.6. The lowest BCUT2D eigenvalue weighted by Gasteiger charge is -2.27. The number of ether oxygens (including phenoxy) is 1. The van der Waals surface area contributed by atoms with E-state index in [1.54, 1.807) is 23.1 Å². The fourth-order valence-corrected chi connectivity index (χ4v) is 7.37. The van der Waals surface area contributed by atoms with Crippen molar-refractivity contribution >= 4 is 53.2 Å². The number of benzene rings is 1. The van der Waals surface area contributed by atoms with Crippen molar-refractivity contribution < 1.29 is 9.29 Å². The molecule has 0 saturated carbocycles. The predicted octanol–water partition coefficient (Wildman–Crippen LogP) is 5.02. The molecule has 1 aromatic carbocycles. The summed E-state index contributed by atoms with van der Waals surface area (Å²) in [4.78, 5) is 25.8. The third kappa shape index (κ3) is 5.64. The van der Waals surface area contributed by atoms with Gasteiger partial charge in [0.25, 0.3) is 5.56 Å². The largest absolute Gasteiger partial charge is 0.612 e. The van der Waals surface area contributed by atoms with Crippen LogP contribution in [0.5, 0.6) is 0 Å². The number of rotatable bonds is 9. The topological polar surface area (TPSA) is 129 Å². The third-order valence-electron chi connectivity index (χ3n) is 7.87. The summed E-state index contributed by atoms with van der Waals surface area (Å²) in [5.41, 5.74) is 1.17. The molecule has 6 rings (SSSR count). The smallest absolute Gasteiger partial charge is 0.284 e. The minimum Gasteiger partial charge on any atom is -0.612 e. The maximum Gasteiger partial charge on any atom is 0.284 e. The maximum absolute atomic E-state index is 14.0. The Morgan fingerprint density at radius 3 is 2.68 bits per heavy atom. The van der Waals surface area contributed by atoms with Crippen LogP contribution in [0.1, 0.15) is 18.3 Å². The van der Waals surface area contributed by atoms with Crippen LogP contribution in [0.2, 0.25) is 30.7 Å². The number of halogens is 1. The van der Waals surface area contributed by atoms with Crippen LogP contribution in [0.15, 0.2) is 64.8 Å². The Balaban J connectivity index is 1.50. The first kappa shape index (κ1) is 30.4. The predicted molar refractivity (Wildman–Crippen MR) is 174 cm³/mol. The second kappa shape index (κ2) is 12.0. The van der Waals surface area contributed by atoms with Gasteiger partial charge in [-0.15, -0.1) is 0 Å². The van der Waals surface area contributed by atoms with Crippen molar-refractivity contribution in [1.82, 2.24) is 28.7 Å². The molecule has 3 atom stereocenters. The molecule has 4 aromatic heterocycles. The highest BCUT2D eigenvalue weighted by Gasteiger charge is 2.40. The lowest BCUT2D eigenvalue weighted by atomic mass is 10.1. The van der Waals surface area contributed by atoms with Gasteiger partial charge < -0.3 is 18.8 Å². The SMILES string of the molecule is C[S@+]([O-])c1cn(COCC[Si](C)(C)C)c2ncnc(N3C[C@@H](C#N)C[C@H]3c3nn4ccc(Cl)c4c(=O)n3-c3ccccc3)c12. The van der Waals surface area contributed by atoms with Crippen LogP contribution in [-0.2, 0) is 22.6 Å². The van der Waals surface area contributed by atoms with Gasteiger partial charge in [-0.05, 0) is 41.8 Å². The van der Waals surface area contributed by atoms with Crippen molar-refractivity contribution in [2.75, 3.05) is 24.3 Å². The molecule has 1 aliphatic heterocycles. The third-order valence-corrected chi connectivity index (χ3v) is 10.8. The van der Waals surface area contributed by atoms with Crippen molar-refractivity contribution in [3.63, 3.8) is 0 Å². The van der Waals surface area contributed by atoms with Gasteiger partial charge in [0, 0.05) is 27.4 Å². The minimum atomic E-state index is -1.37. The summed E-state index contributed by atoms with van der Waals surface area (Å²) >= 11 is 5.05. The molecule has 0 unspecified atom stereocenters. The van der Waals surface area contributed by atoms with Crippen LogP contribution < -0.4 is 10.5 Å². The number of hydrogen-bond donors (Lipinski definition) is 0. The summed E-state index contributed by atoms with van der Waals surface area (Å²) in [5, 5.41) is 15.9. The van der Waals surface area contributed by atoms with E-state index in [-0.39, 0.29) is 23.7 Å². The summed E-state index contributed by atoms with van der Waals surface area (Å²) in [6.45, 7) is 8.14. The summed E-state index contributed by atoms with van der Waals surface area (Å²) in [6.07, 6.45) is 6.98. The molecule has 0 N–H and O–H groups in total. The Hall–Kier alpha value is -3.67. The van der Waals surface area contributed by atoms with E-state index in [0.29, 0.717) is 57.9 Å². The van der Waals surface area contributed by atoms with E-state index in [2.05, 4.69) is 35.7 Å². The summed E-state index contributed by atoms with van der Waals surface area (Å²) in [5.74, 6) is 0.611. The highest BCUT2D eigenvalue weighted by atomic mass is 35.5. The number of nitrogens with zero attached hydrogens (tertiary/aromatic N) is 8. The van der Waals surface area contributed by atoms with Crippen LogP contribution in [0.25, 0.3) is 22.2 Å². The molecule has 1 fully saturated rings. The van der Waals surface area contributed by atoms with Crippen LogP contribution in [0, 0.1) is 17.2 Å². The monoisotopic (exact) mass is 648 g/mol. The average molecular weight is 649 g/mol. The van der Waals surface area contributed by atoms with Gasteiger partial charge >= 0.3 is 0 Å². The van der Waals surface area contributed by atoms with Gasteiger partial charge in [0.05, 0.1) is 34.9 Å². The molecule has 5 aromatic rings. The zero-order valence-electron chi connectivity index (χ0n) is 25.0. The van der Waals surface area contributed by atoms with Crippen molar-refractivity contribution in [2.24, 2.45) is 5.92 Å². The van der Waals surface area contributed by atoms with E-state index in [0.717, 1.165) is 6.04 Å². The molecule has 14 heteroatoms. The van der Waals surface area contributed by atoms with Gasteiger partial charge in [-0.3, -0.25) is 9.36 Å². The van der Waals surface area contributed by atoms with Gasteiger partial charge in [0.1, 0.15) is 36.0 Å². The van der Waals surface area contributed by atoms with Crippen LogP contribution >= 0.6 is 11.6 Å². The standard InChI is InChI=1S/C30H33ClN8O3SSi/c1-43(41)24-17-36(19-42-12-13-44(2,3)4)28-25(24)29(34-18-33-28)37-16-20(15-32)14-23(37)27-35-38-11-10-22(31)26(38)30(40)39(27)21-8-6-5-7-9-21/h5-11,17-18,20,23H,12-14,16,19H2,1-4H3/t20-,23+,43+/m1/s1. The number of fused-ring (bicyclic) bond motifs is 2. The minimum absolute atomic E-state index is 0.263. The Morgan fingerprint density at radius 1 is 1.20 bits per heavy atom. The average Bonchev–Trinajstić information content (AvgIpc) is 3.70. The molecule has 1 aliphatic rings. The number of anilines is 1. The van der Waals surface area contributed by atoms with E-state index in [1.165, 1.54) is 10.8 Å². The van der Waals surface area contributed by atoms with E-state index < -0.39 is 25.3 Å². The highest BCUT2D eigenvalue weighted by molar-refractivity contribution is 7.91. The van der Waals surface area contributed by atoms with Gasteiger partial charge in [-0.2, -0.15) is 10.4 Å². The fraction of sp³-hybridized carbons (Fsp3) is 0.367. The first-order valence-electron chi connectivity index (χ1n) is 14.3. The number of para-hydroxylation sites is 1. The fourth-order valence-electron chi connectivity index (χ4n) is 5.65. The molecule has 0 bridgehead atoms. The van der Waals surface area contributed by atoms with Crippen LogP contribution in [0.4, 0.5) is 5.82 Å². The van der Waals surface area contributed by atoms with Crippen LogP contribution in [0.3, 0.4) is 0 Å². The Kier molecular flexibility index (Phi) is 8.29. The van der Waals surface area contributed by atoms with Crippen molar-refractivity contribution in [1.29, 1.82) is 5.26 Å². The number of hydrogen-bond acceptors (Lipinski definition) is 8. The van der Waals surface area contributed by atoms with E-state index in [9.17, 15) is 14.6 Å². The maximum atomic E-state index is 14.0. The van der Waals surface area contributed by atoms with Crippen molar-refractivity contribution in [3.05, 3.63) is 76.3 Å². The molecule has 11 nitrogen and oxygen atoms in total. The van der Waals surface area contributed by atoms with Gasteiger partial charge in [0.15, 0.2) is 16.4 Å². The lowest BCUT2D eigenvalue weighted by Crippen LogP contribution is -2.33. The second-order valence-electron chi connectivity index (χ2n) is 12.2. The van der Waals surface area contributed by atoms with E-state index in [4.69, 9.17) is 21.4 Å². The Labute approximate surface area is 263 Å². The first-order valence-corrected chi connectivity index (χ1v) is 20.0. The van der Waals surface area contributed by atoms with Crippen molar-refractivity contribution in [3.8, 4) is 11.8 Å². The molecule has 228 valence electrons. The number of nitriles is 1. The lowest BCUT2D eigenvalue weighted by molar-refractivity contribution is 0.0896. The Bertz CT molecular complexity index is 1930. The summed E-state index contributed by atoms with van der Waals surface area (Å²) in [6, 6.07) is 13.8. The number of aromatic nitrogens is 6. The molecule has 0 spiro atoms. The van der Waals surface area contributed by atoms with Gasteiger partial charge in [-0.1, -0.05) is 49.4 Å². The Morgan fingerprint density at radius 2 is 1.98 bits per heavy atom. The van der Waals surface area contributed by atoms with Gasteiger partial charge in [0.2, 0.25) is 0 Å².